The van der Waals surface area contributed by atoms with Crippen LogP contribution < -0.4 is 4.90 Å². The molecule has 0 saturated heterocycles. The van der Waals surface area contributed by atoms with E-state index in [2.05, 4.69) is 195 Å². The normalized spacial score (nSPS) is 14.0. The van der Waals surface area contributed by atoms with E-state index in [0.29, 0.717) is 0 Å². The van der Waals surface area contributed by atoms with Gasteiger partial charge in [-0.15, -0.1) is 0 Å². The fourth-order valence-electron chi connectivity index (χ4n) is 7.73. The minimum atomic E-state index is -0.0210. The predicted molar refractivity (Wildman–Crippen MR) is 201 cm³/mol. The van der Waals surface area contributed by atoms with Crippen molar-refractivity contribution in [3.05, 3.63) is 174 Å². The van der Waals surface area contributed by atoms with Crippen molar-refractivity contribution in [3.8, 4) is 16.8 Å². The number of nitrogens with zero attached hydrogens (tertiary/aromatic N) is 2. The van der Waals surface area contributed by atoms with Crippen molar-refractivity contribution < 1.29 is 0 Å². The van der Waals surface area contributed by atoms with Crippen LogP contribution in [0.4, 0.5) is 17.1 Å². The van der Waals surface area contributed by atoms with E-state index in [9.17, 15) is 0 Å². The molecule has 6 aromatic carbocycles. The Labute approximate surface area is 277 Å². The standard InChI is InChI=1S/C45H38N2/c1-5-15-40-31(2)44-37(21-14-22-41(44)45(40,3)4)32-24-26-35(27-25-32)46(33-16-8-6-9-17-33)36-28-29-39-38-20-12-13-23-42(38)47(43(39)30-36)34-18-10-7-11-19-34/h5-30H,1-4H3/b15-5-. The van der Waals surface area contributed by atoms with Gasteiger partial charge in [-0.1, -0.05) is 117 Å². The predicted octanol–water partition coefficient (Wildman–Crippen LogP) is 12.6. The summed E-state index contributed by atoms with van der Waals surface area (Å²) in [5, 5.41) is 2.51. The molecule has 0 fully saturated rings. The maximum atomic E-state index is 2.38. The second-order valence-corrected chi connectivity index (χ2v) is 13.0. The summed E-state index contributed by atoms with van der Waals surface area (Å²) in [5.74, 6) is 0. The zero-order chi connectivity index (χ0) is 32.1. The minimum absolute atomic E-state index is 0.0210. The Balaban J connectivity index is 1.27. The highest BCUT2D eigenvalue weighted by atomic mass is 15.1. The molecule has 1 aliphatic carbocycles. The van der Waals surface area contributed by atoms with Gasteiger partial charge in [0, 0.05) is 38.9 Å². The van der Waals surface area contributed by atoms with Gasteiger partial charge in [0.15, 0.2) is 0 Å². The van der Waals surface area contributed by atoms with Crippen LogP contribution >= 0.6 is 0 Å². The van der Waals surface area contributed by atoms with E-state index in [-0.39, 0.29) is 5.41 Å². The quantitative estimate of drug-likeness (QED) is 0.183. The molecule has 0 saturated carbocycles. The van der Waals surface area contributed by atoms with Gasteiger partial charge in [0.1, 0.15) is 0 Å². The van der Waals surface area contributed by atoms with Gasteiger partial charge in [-0.3, -0.25) is 0 Å². The molecule has 0 amide bonds. The van der Waals surface area contributed by atoms with E-state index in [4.69, 9.17) is 0 Å². The fourth-order valence-corrected chi connectivity index (χ4v) is 7.73. The SMILES string of the molecule is C/C=C\C1=C(C)c2c(-c3ccc(N(c4ccccc4)c4ccc5c6ccccc6n(-c6ccccc6)c5c4)cc3)cccc2C1(C)C. The molecule has 47 heavy (non-hydrogen) atoms. The van der Waals surface area contributed by atoms with Crippen LogP contribution in [0, 0.1) is 0 Å². The summed E-state index contributed by atoms with van der Waals surface area (Å²) >= 11 is 0. The molecular weight excluding hydrogens is 569 g/mol. The van der Waals surface area contributed by atoms with E-state index in [1.807, 2.05) is 0 Å². The molecule has 8 rings (SSSR count). The number of allylic oxidation sites excluding steroid dienone is 4. The average molecular weight is 607 g/mol. The van der Waals surface area contributed by atoms with Gasteiger partial charge in [0.2, 0.25) is 0 Å². The molecule has 1 heterocycles. The van der Waals surface area contributed by atoms with Crippen LogP contribution in [0.5, 0.6) is 0 Å². The van der Waals surface area contributed by atoms with Crippen molar-refractivity contribution >= 4 is 44.4 Å². The Morgan fingerprint density at radius 2 is 1.23 bits per heavy atom. The minimum Gasteiger partial charge on any atom is -0.310 e. The first-order chi connectivity index (χ1) is 23.0. The third-order valence-corrected chi connectivity index (χ3v) is 9.90. The Morgan fingerprint density at radius 3 is 1.98 bits per heavy atom. The van der Waals surface area contributed by atoms with E-state index >= 15 is 0 Å². The van der Waals surface area contributed by atoms with Crippen molar-refractivity contribution in [2.24, 2.45) is 0 Å². The summed E-state index contributed by atoms with van der Waals surface area (Å²) < 4.78 is 2.38. The molecule has 0 spiro atoms. The Hall–Kier alpha value is -5.60. The number of fused-ring (bicyclic) bond motifs is 4. The van der Waals surface area contributed by atoms with Gasteiger partial charge in [-0.05, 0) is 102 Å². The van der Waals surface area contributed by atoms with E-state index in [1.165, 1.54) is 55.2 Å². The van der Waals surface area contributed by atoms with Crippen molar-refractivity contribution in [3.63, 3.8) is 0 Å². The Morgan fingerprint density at radius 1 is 0.596 bits per heavy atom. The number of hydrogen-bond acceptors (Lipinski definition) is 1. The van der Waals surface area contributed by atoms with Crippen molar-refractivity contribution in [1.29, 1.82) is 0 Å². The maximum Gasteiger partial charge on any atom is 0.0561 e. The topological polar surface area (TPSA) is 8.17 Å². The molecule has 1 aromatic heterocycles. The lowest BCUT2D eigenvalue weighted by Crippen LogP contribution is -2.16. The highest BCUT2D eigenvalue weighted by molar-refractivity contribution is 6.10. The van der Waals surface area contributed by atoms with Crippen molar-refractivity contribution in [2.75, 3.05) is 4.90 Å². The molecule has 0 atom stereocenters. The van der Waals surface area contributed by atoms with Gasteiger partial charge >= 0.3 is 0 Å². The van der Waals surface area contributed by atoms with Gasteiger partial charge < -0.3 is 9.47 Å². The smallest absolute Gasteiger partial charge is 0.0561 e. The van der Waals surface area contributed by atoms with Crippen LogP contribution in [-0.4, -0.2) is 4.57 Å². The second-order valence-electron chi connectivity index (χ2n) is 13.0. The fraction of sp³-hybridized carbons (Fsp3) is 0.111. The summed E-state index contributed by atoms with van der Waals surface area (Å²) in [4.78, 5) is 2.37. The number of para-hydroxylation sites is 3. The van der Waals surface area contributed by atoms with Crippen molar-refractivity contribution in [2.45, 2.75) is 33.1 Å². The monoisotopic (exact) mass is 606 g/mol. The number of aromatic nitrogens is 1. The zero-order valence-electron chi connectivity index (χ0n) is 27.4. The van der Waals surface area contributed by atoms with Crippen LogP contribution in [0.1, 0.15) is 38.8 Å². The lowest BCUT2D eigenvalue weighted by atomic mass is 9.80. The number of anilines is 3. The van der Waals surface area contributed by atoms with E-state index in [0.717, 1.165) is 22.7 Å². The highest BCUT2D eigenvalue weighted by Gasteiger charge is 2.36. The second kappa shape index (κ2) is 11.3. The van der Waals surface area contributed by atoms with Crippen molar-refractivity contribution in [1.82, 2.24) is 4.57 Å². The van der Waals surface area contributed by atoms with Gasteiger partial charge in [-0.25, -0.2) is 0 Å². The molecule has 0 N–H and O–H groups in total. The highest BCUT2D eigenvalue weighted by Crippen LogP contribution is 2.50. The molecule has 0 aliphatic heterocycles. The van der Waals surface area contributed by atoms with E-state index < -0.39 is 0 Å². The number of benzene rings is 6. The van der Waals surface area contributed by atoms with Gasteiger partial charge in [0.05, 0.1) is 11.0 Å². The molecule has 228 valence electrons. The lowest BCUT2D eigenvalue weighted by Gasteiger charge is -2.26. The third kappa shape index (κ3) is 4.63. The molecule has 0 unspecified atom stereocenters. The maximum absolute atomic E-state index is 2.38. The molecule has 2 nitrogen and oxygen atoms in total. The molecule has 7 aromatic rings. The summed E-state index contributed by atoms with van der Waals surface area (Å²) in [7, 11) is 0. The first-order valence-corrected chi connectivity index (χ1v) is 16.5. The zero-order valence-corrected chi connectivity index (χ0v) is 27.4. The molecule has 0 radical (unpaired) electrons. The van der Waals surface area contributed by atoms with Crippen LogP contribution in [0.2, 0.25) is 0 Å². The molecule has 0 bridgehead atoms. The Kier molecular flexibility index (Phi) is 6.95. The molecule has 2 heteroatoms. The van der Waals surface area contributed by atoms with Gasteiger partial charge in [-0.2, -0.15) is 0 Å². The first kappa shape index (κ1) is 28.8. The van der Waals surface area contributed by atoms with Crippen LogP contribution in [0.25, 0.3) is 44.2 Å². The summed E-state index contributed by atoms with van der Waals surface area (Å²) in [6, 6.07) is 52.8. The first-order valence-electron chi connectivity index (χ1n) is 16.5. The van der Waals surface area contributed by atoms with Gasteiger partial charge in [0.25, 0.3) is 0 Å². The summed E-state index contributed by atoms with van der Waals surface area (Å²) in [5.41, 5.74) is 15.0. The Bertz CT molecular complexity index is 2320. The van der Waals surface area contributed by atoms with Crippen LogP contribution in [0.3, 0.4) is 0 Å². The lowest BCUT2D eigenvalue weighted by molar-refractivity contribution is 0.654. The van der Waals surface area contributed by atoms with Crippen LogP contribution in [0.15, 0.2) is 163 Å². The van der Waals surface area contributed by atoms with E-state index in [1.54, 1.807) is 0 Å². The van der Waals surface area contributed by atoms with Crippen LogP contribution in [-0.2, 0) is 5.41 Å². The molecule has 1 aliphatic rings. The summed E-state index contributed by atoms with van der Waals surface area (Å²) in [6.45, 7) is 9.08. The summed E-state index contributed by atoms with van der Waals surface area (Å²) in [6.07, 6.45) is 4.45. The number of hydrogen-bond donors (Lipinski definition) is 0. The number of rotatable bonds is 6. The molecular formula is C45H38N2. The largest absolute Gasteiger partial charge is 0.310 e. The average Bonchev–Trinajstić information content (AvgIpc) is 3.54. The third-order valence-electron chi connectivity index (χ3n) is 9.90.